The van der Waals surface area contributed by atoms with Crippen molar-refractivity contribution in [1.29, 1.82) is 0 Å². The zero-order valence-electron chi connectivity index (χ0n) is 12.2. The smallest absolute Gasteiger partial charge is 0.270 e. The Hall–Kier alpha value is -1.55. The van der Waals surface area contributed by atoms with Crippen molar-refractivity contribution in [3.8, 4) is 11.5 Å². The van der Waals surface area contributed by atoms with Crippen molar-refractivity contribution in [3.05, 3.63) is 38.6 Å². The predicted octanol–water partition coefficient (Wildman–Crippen LogP) is 2.41. The zero-order chi connectivity index (χ0) is 15.7. The third-order valence-electron chi connectivity index (χ3n) is 3.64. The van der Waals surface area contributed by atoms with E-state index in [1.807, 2.05) is 7.05 Å². The Bertz CT molecular complexity index is 711. The van der Waals surface area contributed by atoms with Gasteiger partial charge in [-0.3, -0.25) is 15.0 Å². The molecule has 0 radical (unpaired) electrons. The highest BCUT2D eigenvalue weighted by molar-refractivity contribution is 9.10. The monoisotopic (exact) mass is 403 g/mol. The molecule has 1 saturated heterocycles. The summed E-state index contributed by atoms with van der Waals surface area (Å²) in [6.07, 6.45) is 0. The van der Waals surface area contributed by atoms with Gasteiger partial charge < -0.3 is 9.84 Å². The first-order valence-corrected chi connectivity index (χ1v) is 7.54. The summed E-state index contributed by atoms with van der Waals surface area (Å²) in [5.41, 5.74) is 0.641. The van der Waals surface area contributed by atoms with E-state index in [4.69, 9.17) is 4.52 Å². The van der Waals surface area contributed by atoms with Crippen LogP contribution in [0.4, 0.5) is 5.69 Å². The molecule has 1 aliphatic rings. The lowest BCUT2D eigenvalue weighted by molar-refractivity contribution is -0.384. The van der Waals surface area contributed by atoms with Gasteiger partial charge in [-0.2, -0.15) is 4.98 Å². The van der Waals surface area contributed by atoms with Gasteiger partial charge in [0.15, 0.2) is 5.82 Å². The number of nitrogens with one attached hydrogen (secondary N) is 1. The number of nitro groups is 1. The minimum atomic E-state index is -0.448. The van der Waals surface area contributed by atoms with Gasteiger partial charge in [-0.25, -0.2) is 0 Å². The van der Waals surface area contributed by atoms with Crippen LogP contribution in [0.5, 0.6) is 0 Å². The van der Waals surface area contributed by atoms with E-state index in [9.17, 15) is 10.1 Å². The number of rotatable bonds is 3. The van der Waals surface area contributed by atoms with Crippen LogP contribution in [0.3, 0.4) is 0 Å². The number of aromatic nitrogens is 2. The first-order valence-electron chi connectivity index (χ1n) is 6.75. The lowest BCUT2D eigenvalue weighted by Gasteiger charge is -2.30. The van der Waals surface area contributed by atoms with Gasteiger partial charge in [-0.05, 0) is 29.0 Å². The van der Waals surface area contributed by atoms with E-state index in [1.54, 1.807) is 6.07 Å². The highest BCUT2D eigenvalue weighted by Crippen LogP contribution is 2.31. The van der Waals surface area contributed by atoms with E-state index in [1.165, 1.54) is 12.1 Å². The lowest BCUT2D eigenvalue weighted by atomic mass is 10.2. The van der Waals surface area contributed by atoms with E-state index < -0.39 is 4.92 Å². The van der Waals surface area contributed by atoms with Gasteiger partial charge in [0.2, 0.25) is 0 Å². The third kappa shape index (κ3) is 3.69. The number of piperazine rings is 1. The molecule has 0 bridgehead atoms. The molecule has 1 N–H and O–H groups in total. The number of benzene rings is 1. The van der Waals surface area contributed by atoms with Gasteiger partial charge in [0.1, 0.15) is 0 Å². The Labute approximate surface area is 146 Å². The Morgan fingerprint density at radius 2 is 2.30 bits per heavy atom. The first kappa shape index (κ1) is 17.8. The van der Waals surface area contributed by atoms with E-state index in [2.05, 4.69) is 36.3 Å². The topological polar surface area (TPSA) is 97.3 Å². The van der Waals surface area contributed by atoms with Crippen LogP contribution in [-0.2, 0) is 0 Å². The van der Waals surface area contributed by atoms with Crippen molar-refractivity contribution in [2.24, 2.45) is 0 Å². The molecule has 1 aromatic heterocycles. The van der Waals surface area contributed by atoms with Crippen molar-refractivity contribution in [1.82, 2.24) is 20.4 Å². The quantitative estimate of drug-likeness (QED) is 0.619. The fraction of sp³-hybridized carbons (Fsp3) is 0.385. The Balaban J connectivity index is 0.00000192. The van der Waals surface area contributed by atoms with Crippen LogP contribution in [0.25, 0.3) is 11.5 Å². The Morgan fingerprint density at radius 1 is 1.52 bits per heavy atom. The number of nitrogens with zero attached hydrogens (tertiary/aromatic N) is 4. The molecule has 2 heterocycles. The number of halogens is 2. The maximum Gasteiger partial charge on any atom is 0.270 e. The lowest BCUT2D eigenvalue weighted by Crippen LogP contribution is -2.44. The maximum atomic E-state index is 10.8. The molecular formula is C13H15BrClN5O3. The second-order valence-electron chi connectivity index (χ2n) is 5.08. The largest absolute Gasteiger partial charge is 0.334 e. The predicted molar refractivity (Wildman–Crippen MR) is 89.6 cm³/mol. The molecule has 23 heavy (non-hydrogen) atoms. The van der Waals surface area contributed by atoms with Gasteiger partial charge >= 0.3 is 0 Å². The summed E-state index contributed by atoms with van der Waals surface area (Å²) in [5, 5.41) is 18.1. The van der Waals surface area contributed by atoms with Crippen LogP contribution in [-0.4, -0.2) is 46.6 Å². The summed E-state index contributed by atoms with van der Waals surface area (Å²) in [6.45, 7) is 2.61. The number of nitro benzene ring substituents is 1. The van der Waals surface area contributed by atoms with Gasteiger partial charge in [0.05, 0.1) is 16.5 Å². The summed E-state index contributed by atoms with van der Waals surface area (Å²) < 4.78 is 5.87. The van der Waals surface area contributed by atoms with Crippen LogP contribution in [0.2, 0.25) is 0 Å². The van der Waals surface area contributed by atoms with Crippen LogP contribution >= 0.6 is 28.3 Å². The zero-order valence-corrected chi connectivity index (χ0v) is 14.6. The highest BCUT2D eigenvalue weighted by atomic mass is 79.9. The Kier molecular flexibility index (Phi) is 5.69. The maximum absolute atomic E-state index is 10.8. The van der Waals surface area contributed by atoms with Crippen molar-refractivity contribution in [2.45, 2.75) is 6.04 Å². The summed E-state index contributed by atoms with van der Waals surface area (Å²) in [7, 11) is 2.02. The standard InChI is InChI=1S/C13H14BrN5O3.ClH/c1-18-5-4-15-7-11(18)12-16-13(22-17-12)9-3-2-8(19(20)21)6-10(9)14;/h2-3,6,11,15H,4-5,7H2,1H3;1H. The minimum absolute atomic E-state index is 0. The molecule has 0 saturated carbocycles. The van der Waals surface area contributed by atoms with Gasteiger partial charge in [-0.1, -0.05) is 5.16 Å². The van der Waals surface area contributed by atoms with E-state index in [-0.39, 0.29) is 24.1 Å². The molecule has 1 aromatic carbocycles. The number of likely N-dealkylation sites (N-methyl/N-ethyl adjacent to an activating group) is 1. The number of non-ortho nitro benzene ring substituents is 1. The molecule has 2 aromatic rings. The summed E-state index contributed by atoms with van der Waals surface area (Å²) >= 11 is 3.31. The van der Waals surface area contributed by atoms with E-state index in [0.717, 1.165) is 19.6 Å². The fourth-order valence-electron chi connectivity index (χ4n) is 2.36. The summed E-state index contributed by atoms with van der Waals surface area (Å²) in [6, 6.07) is 4.50. The molecule has 0 aliphatic carbocycles. The van der Waals surface area contributed by atoms with Crippen molar-refractivity contribution < 1.29 is 9.45 Å². The average Bonchev–Trinajstić information content (AvgIpc) is 2.97. The average molecular weight is 405 g/mol. The second-order valence-corrected chi connectivity index (χ2v) is 5.93. The molecule has 1 unspecified atom stereocenters. The minimum Gasteiger partial charge on any atom is -0.334 e. The molecule has 10 heteroatoms. The SMILES string of the molecule is CN1CCNCC1c1noc(-c2ccc([N+](=O)[O-])cc2Br)n1.Cl. The molecule has 124 valence electrons. The van der Waals surface area contributed by atoms with Crippen LogP contribution in [0.15, 0.2) is 27.2 Å². The molecule has 1 atom stereocenters. The number of hydrogen-bond acceptors (Lipinski definition) is 7. The highest BCUT2D eigenvalue weighted by Gasteiger charge is 2.26. The molecule has 0 amide bonds. The summed E-state index contributed by atoms with van der Waals surface area (Å²) in [5.74, 6) is 0.950. The Morgan fingerprint density at radius 3 is 2.96 bits per heavy atom. The number of hydrogen-bond donors (Lipinski definition) is 1. The van der Waals surface area contributed by atoms with Crippen molar-refractivity contribution >= 4 is 34.0 Å². The molecular weight excluding hydrogens is 390 g/mol. The molecule has 0 spiro atoms. The third-order valence-corrected chi connectivity index (χ3v) is 4.30. The van der Waals surface area contributed by atoms with Crippen LogP contribution < -0.4 is 5.32 Å². The normalized spacial score (nSPS) is 18.4. The van der Waals surface area contributed by atoms with E-state index >= 15 is 0 Å². The van der Waals surface area contributed by atoms with Gasteiger partial charge in [-0.15, -0.1) is 12.4 Å². The van der Waals surface area contributed by atoms with Crippen molar-refractivity contribution in [2.75, 3.05) is 26.7 Å². The summed E-state index contributed by atoms with van der Waals surface area (Å²) in [4.78, 5) is 16.9. The van der Waals surface area contributed by atoms with Crippen molar-refractivity contribution in [3.63, 3.8) is 0 Å². The van der Waals surface area contributed by atoms with Gasteiger partial charge in [0, 0.05) is 36.2 Å². The van der Waals surface area contributed by atoms with Gasteiger partial charge in [0.25, 0.3) is 11.6 Å². The molecule has 1 aliphatic heterocycles. The molecule has 1 fully saturated rings. The van der Waals surface area contributed by atoms with E-state index in [0.29, 0.717) is 21.8 Å². The second kappa shape index (κ2) is 7.35. The fourth-order valence-corrected chi connectivity index (χ4v) is 2.90. The van der Waals surface area contributed by atoms with Crippen LogP contribution in [0, 0.1) is 10.1 Å². The molecule has 3 rings (SSSR count). The first-order chi connectivity index (χ1) is 10.6. The van der Waals surface area contributed by atoms with Crippen LogP contribution in [0.1, 0.15) is 11.9 Å². The molecule has 8 nitrogen and oxygen atoms in total.